The number of nitrogens with zero attached hydrogens (tertiary/aromatic N) is 2. The highest BCUT2D eigenvalue weighted by molar-refractivity contribution is 5.12. The van der Waals surface area contributed by atoms with Crippen molar-refractivity contribution in [1.82, 2.24) is 9.78 Å². The topological polar surface area (TPSA) is 43.8 Å². The number of nitrogens with two attached hydrogens (primary N) is 1. The highest BCUT2D eigenvalue weighted by Crippen LogP contribution is 2.30. The maximum atomic E-state index is 6.24. The molecule has 0 bridgehead atoms. The maximum absolute atomic E-state index is 6.24. The molecular formula is C13H23N3. The van der Waals surface area contributed by atoms with Gasteiger partial charge in [0, 0.05) is 24.7 Å². The van der Waals surface area contributed by atoms with Gasteiger partial charge < -0.3 is 5.73 Å². The van der Waals surface area contributed by atoms with E-state index in [1.807, 2.05) is 0 Å². The van der Waals surface area contributed by atoms with Gasteiger partial charge in [0.1, 0.15) is 0 Å². The Morgan fingerprint density at radius 2 is 2.25 bits per heavy atom. The second kappa shape index (κ2) is 5.00. The molecule has 1 unspecified atom stereocenters. The van der Waals surface area contributed by atoms with Crippen molar-refractivity contribution in [2.75, 3.05) is 0 Å². The van der Waals surface area contributed by atoms with Crippen LogP contribution in [0.1, 0.15) is 44.5 Å². The third-order valence-corrected chi connectivity index (χ3v) is 3.78. The van der Waals surface area contributed by atoms with Gasteiger partial charge in [0.25, 0.3) is 0 Å². The zero-order valence-corrected chi connectivity index (χ0v) is 10.4. The molecule has 0 amide bonds. The van der Waals surface area contributed by atoms with Gasteiger partial charge in [0.05, 0.1) is 5.69 Å². The Labute approximate surface area is 98.0 Å². The zero-order chi connectivity index (χ0) is 11.5. The standard InChI is InChI=1S/C13H23N3/c1-3-11-8-12(16(4-2)15-11)9-13(14)10-6-5-7-10/h8,10,13H,3-7,9,14H2,1-2H3. The lowest BCUT2D eigenvalue weighted by Crippen LogP contribution is -2.36. The van der Waals surface area contributed by atoms with Gasteiger partial charge in [-0.2, -0.15) is 5.10 Å². The summed E-state index contributed by atoms with van der Waals surface area (Å²) in [5.74, 6) is 0.755. The molecule has 0 saturated heterocycles. The third kappa shape index (κ3) is 2.29. The average molecular weight is 221 g/mol. The Balaban J connectivity index is 2.03. The van der Waals surface area contributed by atoms with Crippen molar-refractivity contribution < 1.29 is 0 Å². The first kappa shape index (κ1) is 11.6. The van der Waals surface area contributed by atoms with Crippen LogP contribution >= 0.6 is 0 Å². The number of hydrogen-bond donors (Lipinski definition) is 1. The predicted octanol–water partition coefficient (Wildman–Crippen LogP) is 2.14. The third-order valence-electron chi connectivity index (χ3n) is 3.78. The molecule has 2 N–H and O–H groups in total. The lowest BCUT2D eigenvalue weighted by molar-refractivity contribution is 0.258. The molecule has 2 rings (SSSR count). The molecule has 0 spiro atoms. The Bertz CT molecular complexity index is 339. The molecule has 1 aliphatic carbocycles. The summed E-state index contributed by atoms with van der Waals surface area (Å²) in [6, 6.07) is 2.56. The fourth-order valence-corrected chi connectivity index (χ4v) is 2.40. The zero-order valence-electron chi connectivity index (χ0n) is 10.4. The molecule has 0 aliphatic heterocycles. The smallest absolute Gasteiger partial charge is 0.0624 e. The first-order valence-corrected chi connectivity index (χ1v) is 6.55. The van der Waals surface area contributed by atoms with E-state index >= 15 is 0 Å². The summed E-state index contributed by atoms with van der Waals surface area (Å²) in [6.07, 6.45) is 6.01. The fraction of sp³-hybridized carbons (Fsp3) is 0.769. The van der Waals surface area contributed by atoms with Gasteiger partial charge in [-0.15, -0.1) is 0 Å². The highest BCUT2D eigenvalue weighted by Gasteiger charge is 2.25. The molecule has 1 atom stereocenters. The van der Waals surface area contributed by atoms with E-state index < -0.39 is 0 Å². The van der Waals surface area contributed by atoms with Crippen molar-refractivity contribution in [3.8, 4) is 0 Å². The van der Waals surface area contributed by atoms with Gasteiger partial charge >= 0.3 is 0 Å². The largest absolute Gasteiger partial charge is 0.327 e. The van der Waals surface area contributed by atoms with Crippen LogP contribution < -0.4 is 5.73 Å². The van der Waals surface area contributed by atoms with Gasteiger partial charge in [-0.25, -0.2) is 0 Å². The van der Waals surface area contributed by atoms with Gasteiger partial charge in [-0.1, -0.05) is 13.3 Å². The Morgan fingerprint density at radius 3 is 2.75 bits per heavy atom. The summed E-state index contributed by atoms with van der Waals surface area (Å²) in [5.41, 5.74) is 8.75. The van der Waals surface area contributed by atoms with E-state index in [1.54, 1.807) is 0 Å². The SMILES string of the molecule is CCc1cc(CC(N)C2CCC2)n(CC)n1. The lowest BCUT2D eigenvalue weighted by Gasteiger charge is -2.31. The van der Waals surface area contributed by atoms with Crippen LogP contribution in [-0.4, -0.2) is 15.8 Å². The van der Waals surface area contributed by atoms with Crippen molar-refractivity contribution in [3.05, 3.63) is 17.5 Å². The molecule has 0 aromatic carbocycles. The van der Waals surface area contributed by atoms with Crippen LogP contribution in [0, 0.1) is 5.92 Å². The summed E-state index contributed by atoms with van der Waals surface area (Å²) >= 11 is 0. The second-order valence-electron chi connectivity index (χ2n) is 4.86. The molecule has 1 fully saturated rings. The minimum absolute atomic E-state index is 0.334. The van der Waals surface area contributed by atoms with Crippen molar-refractivity contribution >= 4 is 0 Å². The normalized spacial score (nSPS) is 18.4. The summed E-state index contributed by atoms with van der Waals surface area (Å²) < 4.78 is 2.11. The van der Waals surface area contributed by atoms with Crippen molar-refractivity contribution in [3.63, 3.8) is 0 Å². The molecule has 1 aromatic heterocycles. The minimum Gasteiger partial charge on any atom is -0.327 e. The second-order valence-corrected chi connectivity index (χ2v) is 4.86. The molecule has 3 nitrogen and oxygen atoms in total. The summed E-state index contributed by atoms with van der Waals surface area (Å²) in [7, 11) is 0. The molecule has 1 saturated carbocycles. The van der Waals surface area contributed by atoms with Crippen molar-refractivity contribution in [1.29, 1.82) is 0 Å². The minimum atomic E-state index is 0.334. The lowest BCUT2D eigenvalue weighted by atomic mass is 9.78. The summed E-state index contributed by atoms with van der Waals surface area (Å²) in [4.78, 5) is 0. The molecular weight excluding hydrogens is 198 g/mol. The number of aryl methyl sites for hydroxylation is 2. The molecule has 1 heterocycles. The summed E-state index contributed by atoms with van der Waals surface area (Å²) in [5, 5.41) is 4.56. The van der Waals surface area contributed by atoms with E-state index in [2.05, 4.69) is 29.7 Å². The highest BCUT2D eigenvalue weighted by atomic mass is 15.3. The molecule has 16 heavy (non-hydrogen) atoms. The first-order chi connectivity index (χ1) is 7.74. The van der Waals surface area contributed by atoms with Crippen LogP contribution in [0.2, 0.25) is 0 Å². The van der Waals surface area contributed by atoms with Crippen molar-refractivity contribution in [2.45, 2.75) is 58.5 Å². The van der Waals surface area contributed by atoms with E-state index in [0.29, 0.717) is 6.04 Å². The molecule has 0 radical (unpaired) electrons. The monoisotopic (exact) mass is 221 g/mol. The van der Waals surface area contributed by atoms with E-state index in [-0.39, 0.29) is 0 Å². The maximum Gasteiger partial charge on any atom is 0.0624 e. The quantitative estimate of drug-likeness (QED) is 0.828. The fourth-order valence-electron chi connectivity index (χ4n) is 2.40. The van der Waals surface area contributed by atoms with Crippen LogP contribution in [0.25, 0.3) is 0 Å². The molecule has 3 heteroatoms. The van der Waals surface area contributed by atoms with Gasteiger partial charge in [0.15, 0.2) is 0 Å². The Kier molecular flexibility index (Phi) is 3.64. The first-order valence-electron chi connectivity index (χ1n) is 6.55. The average Bonchev–Trinajstić information content (AvgIpc) is 2.57. The van der Waals surface area contributed by atoms with Crippen LogP contribution in [0.5, 0.6) is 0 Å². The van der Waals surface area contributed by atoms with E-state index in [9.17, 15) is 0 Å². The van der Waals surface area contributed by atoms with Gasteiger partial charge in [-0.3, -0.25) is 4.68 Å². The Morgan fingerprint density at radius 1 is 1.50 bits per heavy atom. The molecule has 1 aromatic rings. The summed E-state index contributed by atoms with van der Waals surface area (Å²) in [6.45, 7) is 5.25. The number of rotatable bonds is 5. The van der Waals surface area contributed by atoms with E-state index in [4.69, 9.17) is 5.73 Å². The number of aromatic nitrogens is 2. The van der Waals surface area contributed by atoms with Gasteiger partial charge in [-0.05, 0) is 38.2 Å². The van der Waals surface area contributed by atoms with E-state index in [1.165, 1.54) is 30.7 Å². The predicted molar refractivity (Wildman–Crippen MR) is 66.3 cm³/mol. The van der Waals surface area contributed by atoms with E-state index in [0.717, 1.165) is 25.3 Å². The van der Waals surface area contributed by atoms with Crippen LogP contribution in [0.15, 0.2) is 6.07 Å². The Hall–Kier alpha value is -0.830. The van der Waals surface area contributed by atoms with Gasteiger partial charge in [0.2, 0.25) is 0 Å². The van der Waals surface area contributed by atoms with Crippen LogP contribution in [-0.2, 0) is 19.4 Å². The molecule has 1 aliphatic rings. The number of hydrogen-bond acceptors (Lipinski definition) is 2. The van der Waals surface area contributed by atoms with Crippen LogP contribution in [0.4, 0.5) is 0 Å². The van der Waals surface area contributed by atoms with Crippen molar-refractivity contribution in [2.24, 2.45) is 11.7 Å². The van der Waals surface area contributed by atoms with Crippen LogP contribution in [0.3, 0.4) is 0 Å². The molecule has 90 valence electrons.